The Bertz CT molecular complexity index is 508. The normalized spacial score (nSPS) is 11.0. The van der Waals surface area contributed by atoms with Gasteiger partial charge in [-0.1, -0.05) is 30.6 Å². The lowest BCUT2D eigenvalue weighted by atomic mass is 10.2. The number of benzene rings is 1. The average molecular weight is 238 g/mol. The molecule has 0 bridgehead atoms. The Balaban J connectivity index is 2.39. The number of rotatable bonds is 2. The zero-order chi connectivity index (χ0) is 11.7. The molecule has 0 atom stereocenters. The van der Waals surface area contributed by atoms with Gasteiger partial charge in [0.05, 0.1) is 10.7 Å². The SMILES string of the molecule is CC(C)c1noc(-c2ccc(N)c(Cl)c2)n1. The summed E-state index contributed by atoms with van der Waals surface area (Å²) in [4.78, 5) is 4.27. The molecule has 0 spiro atoms. The molecule has 2 rings (SSSR count). The highest BCUT2D eigenvalue weighted by atomic mass is 35.5. The van der Waals surface area contributed by atoms with Crippen molar-refractivity contribution in [2.24, 2.45) is 0 Å². The molecular formula is C11H12ClN3O. The van der Waals surface area contributed by atoms with Crippen LogP contribution < -0.4 is 5.73 Å². The van der Waals surface area contributed by atoms with E-state index in [-0.39, 0.29) is 5.92 Å². The van der Waals surface area contributed by atoms with E-state index < -0.39 is 0 Å². The zero-order valence-electron chi connectivity index (χ0n) is 9.07. The molecule has 16 heavy (non-hydrogen) atoms. The summed E-state index contributed by atoms with van der Waals surface area (Å²) in [6, 6.07) is 5.24. The first kappa shape index (κ1) is 11.0. The van der Waals surface area contributed by atoms with Crippen LogP contribution in [-0.2, 0) is 0 Å². The molecule has 2 aromatic rings. The fourth-order valence-corrected chi connectivity index (χ4v) is 1.43. The molecule has 84 valence electrons. The summed E-state index contributed by atoms with van der Waals surface area (Å²) in [7, 11) is 0. The fourth-order valence-electron chi connectivity index (χ4n) is 1.25. The van der Waals surface area contributed by atoms with Crippen molar-refractivity contribution in [1.82, 2.24) is 10.1 Å². The summed E-state index contributed by atoms with van der Waals surface area (Å²) in [5, 5.41) is 4.37. The summed E-state index contributed by atoms with van der Waals surface area (Å²) >= 11 is 5.92. The summed E-state index contributed by atoms with van der Waals surface area (Å²) in [6.45, 7) is 4.01. The molecule has 0 saturated carbocycles. The molecule has 0 aliphatic rings. The minimum atomic E-state index is 0.238. The summed E-state index contributed by atoms with van der Waals surface area (Å²) in [5.41, 5.74) is 6.93. The third-order valence-electron chi connectivity index (χ3n) is 2.21. The lowest BCUT2D eigenvalue weighted by Crippen LogP contribution is -1.90. The van der Waals surface area contributed by atoms with E-state index in [0.717, 1.165) is 5.56 Å². The van der Waals surface area contributed by atoms with Crippen LogP contribution in [-0.4, -0.2) is 10.1 Å². The molecule has 1 heterocycles. The van der Waals surface area contributed by atoms with Crippen LogP contribution >= 0.6 is 11.6 Å². The van der Waals surface area contributed by atoms with E-state index in [1.807, 2.05) is 13.8 Å². The number of halogens is 1. The Morgan fingerprint density at radius 2 is 2.12 bits per heavy atom. The number of nitrogens with two attached hydrogens (primary N) is 1. The van der Waals surface area contributed by atoms with E-state index in [4.69, 9.17) is 21.9 Å². The molecule has 4 nitrogen and oxygen atoms in total. The van der Waals surface area contributed by atoms with E-state index in [9.17, 15) is 0 Å². The topological polar surface area (TPSA) is 64.9 Å². The van der Waals surface area contributed by atoms with Crippen LogP contribution in [0.4, 0.5) is 5.69 Å². The van der Waals surface area contributed by atoms with Gasteiger partial charge in [0.1, 0.15) is 0 Å². The van der Waals surface area contributed by atoms with E-state index in [1.54, 1.807) is 18.2 Å². The van der Waals surface area contributed by atoms with Crippen LogP contribution in [0.1, 0.15) is 25.6 Å². The first-order chi connectivity index (χ1) is 7.58. The third kappa shape index (κ3) is 2.02. The van der Waals surface area contributed by atoms with Crippen LogP contribution in [0.2, 0.25) is 5.02 Å². The molecule has 1 aromatic heterocycles. The molecule has 0 aliphatic heterocycles. The van der Waals surface area contributed by atoms with Crippen molar-refractivity contribution in [1.29, 1.82) is 0 Å². The molecule has 1 aromatic carbocycles. The molecule has 5 heteroatoms. The van der Waals surface area contributed by atoms with Crippen molar-refractivity contribution in [2.75, 3.05) is 5.73 Å². The fraction of sp³-hybridized carbons (Fsp3) is 0.273. The van der Waals surface area contributed by atoms with Gasteiger partial charge in [-0.2, -0.15) is 4.98 Å². The lowest BCUT2D eigenvalue weighted by molar-refractivity contribution is 0.419. The Labute approximate surface area is 98.4 Å². The minimum absolute atomic E-state index is 0.238. The smallest absolute Gasteiger partial charge is 0.257 e. The van der Waals surface area contributed by atoms with Gasteiger partial charge in [-0.3, -0.25) is 0 Å². The number of aromatic nitrogens is 2. The van der Waals surface area contributed by atoms with E-state index in [1.165, 1.54) is 0 Å². The first-order valence-corrected chi connectivity index (χ1v) is 5.34. The van der Waals surface area contributed by atoms with Gasteiger partial charge < -0.3 is 10.3 Å². The van der Waals surface area contributed by atoms with E-state index in [0.29, 0.717) is 22.4 Å². The second-order valence-electron chi connectivity index (χ2n) is 3.85. The van der Waals surface area contributed by atoms with Crippen LogP contribution in [0.3, 0.4) is 0 Å². The molecule has 0 aliphatic carbocycles. The van der Waals surface area contributed by atoms with Crippen LogP contribution in [0.25, 0.3) is 11.5 Å². The molecule has 0 radical (unpaired) electrons. The van der Waals surface area contributed by atoms with E-state index in [2.05, 4.69) is 10.1 Å². The number of hydrogen-bond donors (Lipinski definition) is 1. The van der Waals surface area contributed by atoms with Crippen molar-refractivity contribution < 1.29 is 4.52 Å². The van der Waals surface area contributed by atoms with Crippen molar-refractivity contribution in [3.8, 4) is 11.5 Å². The Morgan fingerprint density at radius 3 is 2.69 bits per heavy atom. The van der Waals surface area contributed by atoms with Gasteiger partial charge in [-0.25, -0.2) is 0 Å². The van der Waals surface area contributed by atoms with Crippen LogP contribution in [0, 0.1) is 0 Å². The number of anilines is 1. The maximum Gasteiger partial charge on any atom is 0.257 e. The quantitative estimate of drug-likeness (QED) is 0.816. The van der Waals surface area contributed by atoms with Gasteiger partial charge in [0, 0.05) is 11.5 Å². The maximum absolute atomic E-state index is 5.92. The van der Waals surface area contributed by atoms with Gasteiger partial charge in [0.15, 0.2) is 5.82 Å². The molecule has 0 unspecified atom stereocenters. The number of nitrogens with zero attached hydrogens (tertiary/aromatic N) is 2. The molecule has 0 saturated heterocycles. The highest BCUT2D eigenvalue weighted by Crippen LogP contribution is 2.26. The second kappa shape index (κ2) is 4.14. The molecule has 0 fully saturated rings. The highest BCUT2D eigenvalue weighted by molar-refractivity contribution is 6.33. The second-order valence-corrected chi connectivity index (χ2v) is 4.26. The van der Waals surface area contributed by atoms with Gasteiger partial charge in [0.2, 0.25) is 0 Å². The minimum Gasteiger partial charge on any atom is -0.398 e. The highest BCUT2D eigenvalue weighted by Gasteiger charge is 2.12. The molecule has 0 amide bonds. The lowest BCUT2D eigenvalue weighted by Gasteiger charge is -1.98. The number of nitrogen functional groups attached to an aromatic ring is 1. The molecular weight excluding hydrogens is 226 g/mol. The maximum atomic E-state index is 5.92. The predicted molar refractivity (Wildman–Crippen MR) is 63.2 cm³/mol. The van der Waals surface area contributed by atoms with Crippen molar-refractivity contribution in [3.05, 3.63) is 29.0 Å². The van der Waals surface area contributed by atoms with Crippen molar-refractivity contribution in [3.63, 3.8) is 0 Å². The predicted octanol–water partition coefficient (Wildman–Crippen LogP) is 3.10. The van der Waals surface area contributed by atoms with Crippen LogP contribution in [0.5, 0.6) is 0 Å². The van der Waals surface area contributed by atoms with Crippen molar-refractivity contribution >= 4 is 17.3 Å². The largest absolute Gasteiger partial charge is 0.398 e. The Kier molecular flexibility index (Phi) is 2.83. The Hall–Kier alpha value is -1.55. The van der Waals surface area contributed by atoms with Crippen molar-refractivity contribution in [2.45, 2.75) is 19.8 Å². The van der Waals surface area contributed by atoms with Gasteiger partial charge in [-0.05, 0) is 18.2 Å². The van der Waals surface area contributed by atoms with Gasteiger partial charge >= 0.3 is 0 Å². The van der Waals surface area contributed by atoms with Gasteiger partial charge in [-0.15, -0.1) is 0 Å². The van der Waals surface area contributed by atoms with Crippen LogP contribution in [0.15, 0.2) is 22.7 Å². The van der Waals surface area contributed by atoms with Gasteiger partial charge in [0.25, 0.3) is 5.89 Å². The summed E-state index contributed by atoms with van der Waals surface area (Å²) < 4.78 is 5.15. The summed E-state index contributed by atoms with van der Waals surface area (Å²) in [5.74, 6) is 1.38. The molecule has 2 N–H and O–H groups in total. The Morgan fingerprint density at radius 1 is 1.38 bits per heavy atom. The third-order valence-corrected chi connectivity index (χ3v) is 2.53. The monoisotopic (exact) mass is 237 g/mol. The number of hydrogen-bond acceptors (Lipinski definition) is 4. The summed E-state index contributed by atoms with van der Waals surface area (Å²) in [6.07, 6.45) is 0. The first-order valence-electron chi connectivity index (χ1n) is 4.97. The van der Waals surface area contributed by atoms with E-state index >= 15 is 0 Å². The average Bonchev–Trinajstić information content (AvgIpc) is 2.71. The zero-order valence-corrected chi connectivity index (χ0v) is 9.82. The standard InChI is InChI=1S/C11H12ClN3O/c1-6(2)10-14-11(16-15-10)7-3-4-9(13)8(12)5-7/h3-6H,13H2,1-2H3.